The van der Waals surface area contributed by atoms with Crippen LogP contribution in [0.2, 0.25) is 0 Å². The molecule has 2 heterocycles. The van der Waals surface area contributed by atoms with E-state index in [9.17, 15) is 4.79 Å². The van der Waals surface area contributed by atoms with E-state index in [1.54, 1.807) is 0 Å². The molecule has 1 amide bonds. The minimum absolute atomic E-state index is 0.0881. The first-order chi connectivity index (χ1) is 9.25. The van der Waals surface area contributed by atoms with Crippen LogP contribution in [0.25, 0.3) is 10.9 Å². The minimum atomic E-state index is 0.0881. The number of benzene rings is 1. The number of aryl methyl sites for hydroxylation is 1. The van der Waals surface area contributed by atoms with Gasteiger partial charge in [0.25, 0.3) is 5.91 Å². The monoisotopic (exact) mass is 255 g/mol. The topological polar surface area (TPSA) is 45.2 Å². The quantitative estimate of drug-likeness (QED) is 0.841. The lowest BCUT2D eigenvalue weighted by Gasteiger charge is -2.27. The van der Waals surface area contributed by atoms with Crippen LogP contribution in [0, 0.1) is 6.92 Å². The molecule has 4 nitrogen and oxygen atoms in total. The van der Waals surface area contributed by atoms with Crippen molar-refractivity contribution in [3.05, 3.63) is 41.6 Å². The Hall–Kier alpha value is -1.94. The molecule has 0 saturated carbocycles. The molecule has 3 rings (SSSR count). The first kappa shape index (κ1) is 12.1. The van der Waals surface area contributed by atoms with E-state index >= 15 is 0 Å². The Morgan fingerprint density at radius 2 is 2.00 bits per heavy atom. The molecule has 4 heteroatoms. The van der Waals surface area contributed by atoms with Crippen molar-refractivity contribution in [1.29, 1.82) is 0 Å². The molecule has 0 aliphatic carbocycles. The van der Waals surface area contributed by atoms with Crippen LogP contribution in [-0.2, 0) is 0 Å². The third-order valence-corrected chi connectivity index (χ3v) is 3.49. The van der Waals surface area contributed by atoms with E-state index in [1.165, 1.54) is 0 Å². The molecule has 1 fully saturated rings. The molecular weight excluding hydrogens is 238 g/mol. The van der Waals surface area contributed by atoms with Gasteiger partial charge in [-0.15, -0.1) is 0 Å². The van der Waals surface area contributed by atoms with Crippen molar-refractivity contribution in [2.75, 3.05) is 26.2 Å². The van der Waals surface area contributed by atoms with Crippen LogP contribution in [0.4, 0.5) is 0 Å². The molecule has 0 unspecified atom stereocenters. The van der Waals surface area contributed by atoms with Crippen LogP contribution in [0.1, 0.15) is 16.1 Å². The van der Waals surface area contributed by atoms with E-state index in [2.05, 4.69) is 10.3 Å². The van der Waals surface area contributed by atoms with Crippen LogP contribution >= 0.6 is 0 Å². The van der Waals surface area contributed by atoms with E-state index in [-0.39, 0.29) is 5.91 Å². The molecule has 0 radical (unpaired) electrons. The van der Waals surface area contributed by atoms with E-state index in [4.69, 9.17) is 0 Å². The van der Waals surface area contributed by atoms with Crippen molar-refractivity contribution in [3.63, 3.8) is 0 Å². The number of pyridine rings is 1. The Morgan fingerprint density at radius 3 is 2.79 bits per heavy atom. The fourth-order valence-corrected chi connectivity index (χ4v) is 2.46. The number of nitrogens with zero attached hydrogens (tertiary/aromatic N) is 2. The largest absolute Gasteiger partial charge is 0.336 e. The highest BCUT2D eigenvalue weighted by atomic mass is 16.2. The maximum Gasteiger partial charge on any atom is 0.256 e. The molecule has 1 aliphatic rings. The summed E-state index contributed by atoms with van der Waals surface area (Å²) < 4.78 is 0. The van der Waals surface area contributed by atoms with Gasteiger partial charge in [-0.2, -0.15) is 0 Å². The SMILES string of the molecule is Cc1ccc2cccc(C(=O)N3CCNCC3)c2n1. The number of nitrogens with one attached hydrogen (secondary N) is 1. The van der Waals surface area contributed by atoms with Gasteiger partial charge in [-0.25, -0.2) is 0 Å². The summed E-state index contributed by atoms with van der Waals surface area (Å²) in [5.41, 5.74) is 2.46. The van der Waals surface area contributed by atoms with Crippen molar-refractivity contribution in [3.8, 4) is 0 Å². The molecule has 1 aliphatic heterocycles. The third-order valence-electron chi connectivity index (χ3n) is 3.49. The number of carbonyl (C=O) groups excluding carboxylic acids is 1. The summed E-state index contributed by atoms with van der Waals surface area (Å²) in [5.74, 6) is 0.0881. The minimum Gasteiger partial charge on any atom is -0.336 e. The average molecular weight is 255 g/mol. The van der Waals surface area contributed by atoms with Crippen LogP contribution in [0.15, 0.2) is 30.3 Å². The molecule has 1 aromatic carbocycles. The predicted octanol–water partition coefficient (Wildman–Crippen LogP) is 1.59. The molecule has 1 aromatic heterocycles. The lowest BCUT2D eigenvalue weighted by Crippen LogP contribution is -2.46. The van der Waals surface area contributed by atoms with Gasteiger partial charge in [-0.05, 0) is 19.1 Å². The Labute approximate surface area is 112 Å². The summed E-state index contributed by atoms with van der Waals surface area (Å²) in [6, 6.07) is 9.79. The maximum absolute atomic E-state index is 12.6. The van der Waals surface area contributed by atoms with Gasteiger partial charge in [-0.3, -0.25) is 9.78 Å². The highest BCUT2D eigenvalue weighted by molar-refractivity contribution is 6.05. The fraction of sp³-hybridized carbons (Fsp3) is 0.333. The summed E-state index contributed by atoms with van der Waals surface area (Å²) >= 11 is 0. The van der Waals surface area contributed by atoms with E-state index in [1.807, 2.05) is 42.2 Å². The van der Waals surface area contributed by atoms with Crippen LogP contribution in [0.3, 0.4) is 0 Å². The summed E-state index contributed by atoms with van der Waals surface area (Å²) in [6.07, 6.45) is 0. The summed E-state index contributed by atoms with van der Waals surface area (Å²) in [5, 5.41) is 4.28. The maximum atomic E-state index is 12.6. The van der Waals surface area contributed by atoms with E-state index < -0.39 is 0 Å². The number of fused-ring (bicyclic) bond motifs is 1. The summed E-state index contributed by atoms with van der Waals surface area (Å²) in [7, 11) is 0. The highest BCUT2D eigenvalue weighted by Gasteiger charge is 2.20. The molecule has 1 saturated heterocycles. The Morgan fingerprint density at radius 1 is 1.21 bits per heavy atom. The van der Waals surface area contributed by atoms with Crippen LogP contribution < -0.4 is 5.32 Å². The molecule has 19 heavy (non-hydrogen) atoms. The number of para-hydroxylation sites is 1. The Kier molecular flexibility index (Phi) is 3.17. The van der Waals surface area contributed by atoms with Gasteiger partial charge in [0, 0.05) is 37.3 Å². The lowest BCUT2D eigenvalue weighted by atomic mass is 10.1. The van der Waals surface area contributed by atoms with Gasteiger partial charge in [0.05, 0.1) is 11.1 Å². The highest BCUT2D eigenvalue weighted by Crippen LogP contribution is 2.19. The number of amides is 1. The standard InChI is InChI=1S/C15H17N3O/c1-11-5-6-12-3-2-4-13(14(12)17-11)15(19)18-9-7-16-8-10-18/h2-6,16H,7-10H2,1H3. The lowest BCUT2D eigenvalue weighted by molar-refractivity contribution is 0.0737. The van der Waals surface area contributed by atoms with Crippen molar-refractivity contribution >= 4 is 16.8 Å². The van der Waals surface area contributed by atoms with Crippen LogP contribution in [0.5, 0.6) is 0 Å². The second kappa shape index (κ2) is 4.97. The number of hydrogen-bond acceptors (Lipinski definition) is 3. The Bertz CT molecular complexity index is 618. The van der Waals surface area contributed by atoms with E-state index in [0.717, 1.165) is 42.8 Å². The Balaban J connectivity index is 2.03. The van der Waals surface area contributed by atoms with Gasteiger partial charge in [0.15, 0.2) is 0 Å². The van der Waals surface area contributed by atoms with Crippen LogP contribution in [-0.4, -0.2) is 42.0 Å². The third kappa shape index (κ3) is 2.31. The second-order valence-electron chi connectivity index (χ2n) is 4.87. The zero-order valence-electron chi connectivity index (χ0n) is 11.0. The molecule has 2 aromatic rings. The van der Waals surface area contributed by atoms with Gasteiger partial charge in [0.2, 0.25) is 0 Å². The smallest absolute Gasteiger partial charge is 0.256 e. The number of rotatable bonds is 1. The molecule has 0 atom stereocenters. The normalized spacial score (nSPS) is 15.7. The molecule has 1 N–H and O–H groups in total. The predicted molar refractivity (Wildman–Crippen MR) is 75.3 cm³/mol. The second-order valence-corrected chi connectivity index (χ2v) is 4.87. The van der Waals surface area contributed by atoms with Crippen molar-refractivity contribution < 1.29 is 4.79 Å². The summed E-state index contributed by atoms with van der Waals surface area (Å²) in [6.45, 7) is 5.21. The number of carbonyl (C=O) groups is 1. The average Bonchev–Trinajstić information content (AvgIpc) is 2.47. The van der Waals surface area contributed by atoms with Crippen molar-refractivity contribution in [2.45, 2.75) is 6.92 Å². The van der Waals surface area contributed by atoms with Gasteiger partial charge < -0.3 is 10.2 Å². The van der Waals surface area contributed by atoms with Crippen molar-refractivity contribution in [1.82, 2.24) is 15.2 Å². The molecule has 0 bridgehead atoms. The molecular formula is C15H17N3O. The first-order valence-electron chi connectivity index (χ1n) is 6.62. The summed E-state index contributed by atoms with van der Waals surface area (Å²) in [4.78, 5) is 19.0. The number of hydrogen-bond donors (Lipinski definition) is 1. The zero-order valence-corrected chi connectivity index (χ0v) is 11.0. The van der Waals surface area contributed by atoms with E-state index in [0.29, 0.717) is 5.56 Å². The number of piperazine rings is 1. The molecule has 0 spiro atoms. The number of aromatic nitrogens is 1. The van der Waals surface area contributed by atoms with Gasteiger partial charge >= 0.3 is 0 Å². The van der Waals surface area contributed by atoms with Gasteiger partial charge in [-0.1, -0.05) is 18.2 Å². The van der Waals surface area contributed by atoms with Crippen molar-refractivity contribution in [2.24, 2.45) is 0 Å². The molecule has 98 valence electrons. The fourth-order valence-electron chi connectivity index (χ4n) is 2.46. The first-order valence-corrected chi connectivity index (χ1v) is 6.62. The zero-order chi connectivity index (χ0) is 13.2. The van der Waals surface area contributed by atoms with Gasteiger partial charge in [0.1, 0.15) is 0 Å².